The third kappa shape index (κ3) is 4.92. The van der Waals surface area contributed by atoms with Gasteiger partial charge < -0.3 is 15.0 Å². The minimum absolute atomic E-state index is 0.0599. The number of aromatic nitrogens is 1. The molecule has 1 aromatic rings. The summed E-state index contributed by atoms with van der Waals surface area (Å²) in [7, 11) is 0. The Morgan fingerprint density at radius 1 is 1.40 bits per heavy atom. The third-order valence-electron chi connectivity index (χ3n) is 5.10. The molecule has 1 aliphatic heterocycles. The second-order valence-corrected chi connectivity index (χ2v) is 7.96. The molecule has 2 aliphatic rings. The molecular formula is C18H30N4O2S. The predicted octanol–water partition coefficient (Wildman–Crippen LogP) is 2.25. The molecular weight excluding hydrogens is 336 g/mol. The fourth-order valence-electron chi connectivity index (χ4n) is 3.60. The highest BCUT2D eigenvalue weighted by atomic mass is 32.1. The van der Waals surface area contributed by atoms with Crippen molar-refractivity contribution >= 4 is 22.4 Å². The number of ether oxygens (including phenoxy) is 1. The van der Waals surface area contributed by atoms with Crippen LogP contribution in [-0.4, -0.2) is 60.7 Å². The van der Waals surface area contributed by atoms with Gasteiger partial charge in [-0.05, 0) is 26.7 Å². The van der Waals surface area contributed by atoms with Crippen LogP contribution in [0, 0.1) is 0 Å². The molecule has 0 bridgehead atoms. The number of carbonyl (C=O) groups excluding carboxylic acids is 1. The number of amides is 1. The van der Waals surface area contributed by atoms with Gasteiger partial charge in [0.1, 0.15) is 6.10 Å². The van der Waals surface area contributed by atoms with Gasteiger partial charge in [-0.25, -0.2) is 4.98 Å². The lowest BCUT2D eigenvalue weighted by atomic mass is 10.2. The molecule has 1 aromatic heterocycles. The van der Waals surface area contributed by atoms with Crippen molar-refractivity contribution in [3.63, 3.8) is 0 Å². The fourth-order valence-corrected chi connectivity index (χ4v) is 4.68. The van der Waals surface area contributed by atoms with Gasteiger partial charge in [0.15, 0.2) is 5.13 Å². The van der Waals surface area contributed by atoms with Gasteiger partial charge in [-0.2, -0.15) is 0 Å². The van der Waals surface area contributed by atoms with Gasteiger partial charge in [-0.15, -0.1) is 11.3 Å². The highest BCUT2D eigenvalue weighted by molar-refractivity contribution is 7.15. The SMILES string of the molecule is CCN(CC)c1ncc(CN2CCOC(C(=O)NC3CCCC3)C2)s1. The zero-order chi connectivity index (χ0) is 17.6. The smallest absolute Gasteiger partial charge is 0.250 e. The number of hydrogen-bond donors (Lipinski definition) is 1. The quantitative estimate of drug-likeness (QED) is 0.802. The minimum Gasteiger partial charge on any atom is -0.366 e. The summed E-state index contributed by atoms with van der Waals surface area (Å²) in [6, 6.07) is 0.351. The Morgan fingerprint density at radius 3 is 2.88 bits per heavy atom. The van der Waals surface area contributed by atoms with E-state index >= 15 is 0 Å². The van der Waals surface area contributed by atoms with Crippen molar-refractivity contribution in [1.82, 2.24) is 15.2 Å². The fraction of sp³-hybridized carbons (Fsp3) is 0.778. The van der Waals surface area contributed by atoms with Crippen LogP contribution in [0.15, 0.2) is 6.20 Å². The van der Waals surface area contributed by atoms with Crippen LogP contribution in [0.2, 0.25) is 0 Å². The van der Waals surface area contributed by atoms with Gasteiger partial charge in [0.2, 0.25) is 0 Å². The molecule has 140 valence electrons. The van der Waals surface area contributed by atoms with E-state index in [2.05, 4.69) is 33.9 Å². The van der Waals surface area contributed by atoms with Crippen LogP contribution in [0.3, 0.4) is 0 Å². The summed E-state index contributed by atoms with van der Waals surface area (Å²) in [5.74, 6) is 0.0599. The summed E-state index contributed by atoms with van der Waals surface area (Å²) in [5, 5.41) is 4.25. The highest BCUT2D eigenvalue weighted by Crippen LogP contribution is 2.24. The molecule has 25 heavy (non-hydrogen) atoms. The zero-order valence-corrected chi connectivity index (χ0v) is 16.2. The molecule has 3 rings (SSSR count). The van der Waals surface area contributed by atoms with E-state index in [1.807, 2.05) is 6.20 Å². The monoisotopic (exact) mass is 366 g/mol. The zero-order valence-electron chi connectivity index (χ0n) is 15.4. The van der Waals surface area contributed by atoms with Crippen LogP contribution in [0.5, 0.6) is 0 Å². The highest BCUT2D eigenvalue weighted by Gasteiger charge is 2.29. The van der Waals surface area contributed by atoms with Crippen molar-refractivity contribution in [3.05, 3.63) is 11.1 Å². The van der Waals surface area contributed by atoms with Gasteiger partial charge in [0, 0.05) is 49.8 Å². The molecule has 2 fully saturated rings. The van der Waals surface area contributed by atoms with E-state index in [1.165, 1.54) is 17.7 Å². The van der Waals surface area contributed by atoms with E-state index in [0.717, 1.165) is 44.2 Å². The topological polar surface area (TPSA) is 57.7 Å². The van der Waals surface area contributed by atoms with Gasteiger partial charge in [-0.3, -0.25) is 9.69 Å². The Kier molecular flexibility index (Phi) is 6.67. The van der Waals surface area contributed by atoms with E-state index in [9.17, 15) is 4.79 Å². The van der Waals surface area contributed by atoms with Crippen LogP contribution in [0.1, 0.15) is 44.4 Å². The maximum Gasteiger partial charge on any atom is 0.250 e. The van der Waals surface area contributed by atoms with Crippen molar-refractivity contribution in [2.24, 2.45) is 0 Å². The predicted molar refractivity (Wildman–Crippen MR) is 101 cm³/mol. The number of thiazole rings is 1. The molecule has 7 heteroatoms. The normalized spacial score (nSPS) is 22.2. The van der Waals surface area contributed by atoms with Crippen LogP contribution >= 0.6 is 11.3 Å². The number of nitrogens with zero attached hydrogens (tertiary/aromatic N) is 3. The summed E-state index contributed by atoms with van der Waals surface area (Å²) in [6.07, 6.45) is 6.30. The Labute approximate surface area is 154 Å². The van der Waals surface area contributed by atoms with Crippen LogP contribution in [0.4, 0.5) is 5.13 Å². The summed E-state index contributed by atoms with van der Waals surface area (Å²) in [4.78, 5) is 22.8. The number of hydrogen-bond acceptors (Lipinski definition) is 6. The van der Waals surface area contributed by atoms with Gasteiger partial charge in [0.05, 0.1) is 6.61 Å². The molecule has 1 aliphatic carbocycles. The summed E-state index contributed by atoms with van der Waals surface area (Å²) < 4.78 is 5.72. The lowest BCUT2D eigenvalue weighted by Gasteiger charge is -2.32. The number of nitrogens with one attached hydrogen (secondary N) is 1. The van der Waals surface area contributed by atoms with Crippen LogP contribution in [0.25, 0.3) is 0 Å². The van der Waals surface area contributed by atoms with Gasteiger partial charge in [0.25, 0.3) is 5.91 Å². The number of morpholine rings is 1. The number of carbonyl (C=O) groups is 1. The molecule has 0 radical (unpaired) electrons. The maximum absolute atomic E-state index is 12.4. The lowest BCUT2D eigenvalue weighted by Crippen LogP contribution is -2.51. The Hall–Kier alpha value is -1.18. The van der Waals surface area contributed by atoms with Crippen molar-refractivity contribution in [2.75, 3.05) is 37.7 Å². The summed E-state index contributed by atoms with van der Waals surface area (Å²) >= 11 is 1.75. The van der Waals surface area contributed by atoms with Gasteiger partial charge >= 0.3 is 0 Å². The number of anilines is 1. The van der Waals surface area contributed by atoms with Crippen molar-refractivity contribution in [2.45, 2.75) is 58.2 Å². The molecule has 1 saturated carbocycles. The first-order chi connectivity index (χ1) is 12.2. The van der Waals surface area contributed by atoms with Crippen molar-refractivity contribution < 1.29 is 9.53 Å². The first-order valence-corrected chi connectivity index (χ1v) is 10.3. The number of rotatable bonds is 7. The molecule has 0 spiro atoms. The maximum atomic E-state index is 12.4. The summed E-state index contributed by atoms with van der Waals surface area (Å²) in [5.41, 5.74) is 0. The molecule has 1 N–H and O–H groups in total. The minimum atomic E-state index is -0.343. The van der Waals surface area contributed by atoms with Crippen LogP contribution < -0.4 is 10.2 Å². The average molecular weight is 367 g/mol. The van der Waals surface area contributed by atoms with E-state index < -0.39 is 0 Å². The van der Waals surface area contributed by atoms with E-state index in [4.69, 9.17) is 4.74 Å². The summed E-state index contributed by atoms with van der Waals surface area (Å²) in [6.45, 7) is 9.25. The second-order valence-electron chi connectivity index (χ2n) is 6.87. The van der Waals surface area contributed by atoms with E-state index in [-0.39, 0.29) is 12.0 Å². The Balaban J connectivity index is 1.52. The third-order valence-corrected chi connectivity index (χ3v) is 6.14. The van der Waals surface area contributed by atoms with Crippen molar-refractivity contribution in [1.29, 1.82) is 0 Å². The molecule has 1 atom stereocenters. The van der Waals surface area contributed by atoms with Crippen molar-refractivity contribution in [3.8, 4) is 0 Å². The van der Waals surface area contributed by atoms with Gasteiger partial charge in [-0.1, -0.05) is 12.8 Å². The Morgan fingerprint density at radius 2 is 2.16 bits per heavy atom. The standard InChI is InChI=1S/C18H30N4O2S/c1-3-22(4-2)18-19-11-15(25-18)12-21-9-10-24-16(13-21)17(23)20-14-7-5-6-8-14/h11,14,16H,3-10,12-13H2,1-2H3,(H,20,23). The average Bonchev–Trinajstić information content (AvgIpc) is 3.29. The largest absolute Gasteiger partial charge is 0.366 e. The molecule has 6 nitrogen and oxygen atoms in total. The second kappa shape index (κ2) is 8.96. The molecule has 2 heterocycles. The van der Waals surface area contributed by atoms with E-state index in [1.54, 1.807) is 11.3 Å². The van der Waals surface area contributed by atoms with Crippen LogP contribution in [-0.2, 0) is 16.1 Å². The molecule has 1 amide bonds. The molecule has 1 unspecified atom stereocenters. The Bertz CT molecular complexity index is 555. The van der Waals surface area contributed by atoms with E-state index in [0.29, 0.717) is 19.2 Å². The first kappa shape index (κ1) is 18.6. The lowest BCUT2D eigenvalue weighted by molar-refractivity contribution is -0.139. The molecule has 1 saturated heterocycles. The molecule has 0 aromatic carbocycles. The first-order valence-electron chi connectivity index (χ1n) is 9.53.